The number of likely N-dealkylation sites (N-methyl/N-ethyl adjacent to an activating group) is 2. The van der Waals surface area contributed by atoms with E-state index in [1.54, 1.807) is 0 Å². The first-order valence-corrected chi connectivity index (χ1v) is 7.59. The van der Waals surface area contributed by atoms with Crippen LogP contribution in [0.4, 0.5) is 0 Å². The molecule has 0 aliphatic carbocycles. The summed E-state index contributed by atoms with van der Waals surface area (Å²) in [5, 5.41) is 2.66. The number of rotatable bonds is 2. The van der Waals surface area contributed by atoms with Gasteiger partial charge in [-0.3, -0.25) is 14.4 Å². The van der Waals surface area contributed by atoms with Crippen LogP contribution >= 0.6 is 0 Å². The van der Waals surface area contributed by atoms with E-state index in [0.717, 1.165) is 13.1 Å². The summed E-state index contributed by atoms with van der Waals surface area (Å²) in [6.45, 7) is 4.48. The molecule has 1 aliphatic heterocycles. The molecule has 0 spiro atoms. The molecule has 0 saturated carbocycles. The number of halogens is 1. The van der Waals surface area contributed by atoms with Crippen LogP contribution in [-0.2, 0) is 0 Å². The van der Waals surface area contributed by atoms with Gasteiger partial charge in [-0.05, 0) is 23.3 Å². The third-order valence-corrected chi connectivity index (χ3v) is 4.62. The molecule has 0 aromatic heterocycles. The van der Waals surface area contributed by atoms with Gasteiger partial charge in [-0.15, -0.1) is 0 Å². The highest BCUT2D eigenvalue weighted by Gasteiger charge is 2.32. The summed E-state index contributed by atoms with van der Waals surface area (Å²) < 4.78 is 2.33. The zero-order valence-corrected chi connectivity index (χ0v) is 15.9. The van der Waals surface area contributed by atoms with Crippen LogP contribution in [0.1, 0.15) is 18.5 Å². The summed E-state index contributed by atoms with van der Waals surface area (Å²) in [6, 6.07) is 15.6. The summed E-state index contributed by atoms with van der Waals surface area (Å²) in [7, 11) is 6.54. The lowest BCUT2D eigenvalue weighted by Gasteiger charge is -2.25. The summed E-state index contributed by atoms with van der Waals surface area (Å²) >= 11 is 0. The van der Waals surface area contributed by atoms with E-state index in [9.17, 15) is 0 Å². The Morgan fingerprint density at radius 2 is 1.82 bits per heavy atom. The molecule has 2 aromatic rings. The number of guanidine groups is 1. The summed E-state index contributed by atoms with van der Waals surface area (Å²) in [5.41, 5.74) is 1.39. The van der Waals surface area contributed by atoms with Crippen molar-refractivity contribution in [2.75, 3.05) is 34.2 Å². The fourth-order valence-corrected chi connectivity index (χ4v) is 3.33. The van der Waals surface area contributed by atoms with Crippen molar-refractivity contribution in [2.45, 2.75) is 13.0 Å². The topological polar surface area (TPSA) is 9.49 Å². The molecule has 0 fully saturated rings. The molecule has 0 unspecified atom stereocenters. The van der Waals surface area contributed by atoms with Gasteiger partial charge in [0.15, 0.2) is 0 Å². The Bertz CT molecular complexity index is 690. The molecular weight excluding hydrogens is 385 g/mol. The van der Waals surface area contributed by atoms with Crippen LogP contribution < -0.4 is 24.0 Å². The summed E-state index contributed by atoms with van der Waals surface area (Å²) in [6.07, 6.45) is 0. The molecule has 0 saturated heterocycles. The summed E-state index contributed by atoms with van der Waals surface area (Å²) in [4.78, 5) is 4.72. The molecule has 118 valence electrons. The van der Waals surface area contributed by atoms with Gasteiger partial charge in [0, 0.05) is 0 Å². The van der Waals surface area contributed by atoms with Gasteiger partial charge in [-0.1, -0.05) is 42.5 Å². The Balaban J connectivity index is 0.00000176. The number of benzene rings is 2. The number of hydrogen-bond donors (Lipinski definition) is 0. The average molecular weight is 409 g/mol. The van der Waals surface area contributed by atoms with E-state index < -0.39 is 0 Å². The maximum atomic E-state index is 2.38. The fraction of sp³-hybridized carbons (Fsp3) is 0.389. The van der Waals surface area contributed by atoms with Crippen LogP contribution in [0.5, 0.6) is 0 Å². The van der Waals surface area contributed by atoms with E-state index in [0.29, 0.717) is 6.04 Å². The number of nitrogens with zero attached hydrogens (tertiary/aromatic N) is 3. The van der Waals surface area contributed by atoms with E-state index in [2.05, 4.69) is 84.9 Å². The maximum absolute atomic E-state index is 2.38. The number of hydrogen-bond acceptors (Lipinski definition) is 2. The largest absolute Gasteiger partial charge is 1.00 e. The van der Waals surface area contributed by atoms with Gasteiger partial charge in [0.1, 0.15) is 6.04 Å². The van der Waals surface area contributed by atoms with Crippen molar-refractivity contribution in [3.63, 3.8) is 0 Å². The SMILES string of the molecule is C[C@@H](c1cccc2ccccc12)N(C)C1=[N+](C)CCN1C.[I-]. The van der Waals surface area contributed by atoms with Crippen molar-refractivity contribution in [3.05, 3.63) is 48.0 Å². The minimum absolute atomic E-state index is 0. The van der Waals surface area contributed by atoms with E-state index in [1.165, 1.54) is 22.3 Å². The monoisotopic (exact) mass is 409 g/mol. The highest BCUT2D eigenvalue weighted by atomic mass is 127. The Morgan fingerprint density at radius 1 is 1.14 bits per heavy atom. The molecule has 1 aliphatic rings. The molecule has 0 amide bonds. The molecule has 1 heterocycles. The van der Waals surface area contributed by atoms with Crippen LogP contribution in [0, 0.1) is 0 Å². The van der Waals surface area contributed by atoms with E-state index in [-0.39, 0.29) is 24.0 Å². The van der Waals surface area contributed by atoms with Crippen molar-refractivity contribution in [1.82, 2.24) is 9.80 Å². The number of fused-ring (bicyclic) bond motifs is 1. The van der Waals surface area contributed by atoms with Gasteiger partial charge in [-0.25, -0.2) is 0 Å². The molecule has 3 nitrogen and oxygen atoms in total. The lowest BCUT2D eigenvalue weighted by atomic mass is 9.99. The van der Waals surface area contributed by atoms with Crippen molar-refractivity contribution < 1.29 is 28.6 Å². The van der Waals surface area contributed by atoms with Crippen LogP contribution in [0.15, 0.2) is 42.5 Å². The van der Waals surface area contributed by atoms with Crippen molar-refractivity contribution in [1.29, 1.82) is 0 Å². The van der Waals surface area contributed by atoms with Gasteiger partial charge < -0.3 is 24.0 Å². The third-order valence-electron chi connectivity index (χ3n) is 4.62. The van der Waals surface area contributed by atoms with Crippen LogP contribution in [0.25, 0.3) is 10.8 Å². The second-order valence-corrected chi connectivity index (χ2v) is 6.00. The zero-order valence-electron chi connectivity index (χ0n) is 13.8. The normalized spacial score (nSPS) is 15.9. The Labute approximate surface area is 150 Å². The third kappa shape index (κ3) is 2.93. The Kier molecular flexibility index (Phi) is 5.32. The zero-order chi connectivity index (χ0) is 15.0. The van der Waals surface area contributed by atoms with E-state index in [4.69, 9.17) is 0 Å². The standard InChI is InChI=1S/C18H24N3.HI/c1-14(21(4)18-19(2)12-13-20(18)3)16-11-7-9-15-8-5-6-10-17(15)16;/h5-11,14H,12-13H2,1-4H3;1H/q+1;/p-1/t14-;/m0./s1. The molecule has 3 rings (SSSR count). The quantitative estimate of drug-likeness (QED) is 0.502. The van der Waals surface area contributed by atoms with Crippen molar-refractivity contribution in [2.24, 2.45) is 0 Å². The van der Waals surface area contributed by atoms with Crippen LogP contribution in [0.2, 0.25) is 0 Å². The maximum Gasteiger partial charge on any atom is 0.350 e. The van der Waals surface area contributed by atoms with Crippen LogP contribution in [0.3, 0.4) is 0 Å². The average Bonchev–Trinajstić information content (AvgIpc) is 2.84. The first kappa shape index (κ1) is 17.1. The van der Waals surface area contributed by atoms with Crippen molar-refractivity contribution >= 4 is 16.7 Å². The Morgan fingerprint density at radius 3 is 2.50 bits per heavy atom. The first-order chi connectivity index (χ1) is 10.1. The molecule has 2 aromatic carbocycles. The molecule has 4 heteroatoms. The van der Waals surface area contributed by atoms with Gasteiger partial charge >= 0.3 is 5.96 Å². The van der Waals surface area contributed by atoms with E-state index >= 15 is 0 Å². The molecule has 0 bridgehead atoms. The van der Waals surface area contributed by atoms with Gasteiger partial charge in [0.05, 0.1) is 34.2 Å². The predicted molar refractivity (Wildman–Crippen MR) is 88.8 cm³/mol. The predicted octanol–water partition coefficient (Wildman–Crippen LogP) is -0.220. The van der Waals surface area contributed by atoms with Gasteiger partial charge in [-0.2, -0.15) is 0 Å². The first-order valence-electron chi connectivity index (χ1n) is 7.59. The smallest absolute Gasteiger partial charge is 0.350 e. The molecule has 22 heavy (non-hydrogen) atoms. The van der Waals surface area contributed by atoms with Crippen LogP contribution in [-0.4, -0.2) is 54.6 Å². The highest BCUT2D eigenvalue weighted by Crippen LogP contribution is 2.28. The molecular formula is C18H24IN3. The minimum atomic E-state index is 0. The molecule has 0 radical (unpaired) electrons. The lowest BCUT2D eigenvalue weighted by Crippen LogP contribution is -3.00. The lowest BCUT2D eigenvalue weighted by molar-refractivity contribution is -0.491. The van der Waals surface area contributed by atoms with Crippen molar-refractivity contribution in [3.8, 4) is 0 Å². The second-order valence-electron chi connectivity index (χ2n) is 6.00. The fourth-order valence-electron chi connectivity index (χ4n) is 3.33. The highest BCUT2D eigenvalue weighted by molar-refractivity contribution is 5.86. The Hall–Kier alpha value is -1.30. The molecule has 0 N–H and O–H groups in total. The second kappa shape index (κ2) is 6.86. The summed E-state index contributed by atoms with van der Waals surface area (Å²) in [5.74, 6) is 1.30. The minimum Gasteiger partial charge on any atom is -1.00 e. The van der Waals surface area contributed by atoms with E-state index in [1.807, 2.05) is 0 Å². The van der Waals surface area contributed by atoms with Gasteiger partial charge in [0.2, 0.25) is 0 Å². The molecule has 1 atom stereocenters. The van der Waals surface area contributed by atoms with Gasteiger partial charge in [0.25, 0.3) is 0 Å².